The molecule has 1 amide bonds. The Morgan fingerprint density at radius 1 is 1.38 bits per heavy atom. The molecule has 0 spiro atoms. The number of benzene rings is 1. The molecule has 0 saturated carbocycles. The fraction of sp³-hybridized carbons (Fsp3) is 0.450. The zero-order valence-electron chi connectivity index (χ0n) is 16.8. The summed E-state index contributed by atoms with van der Waals surface area (Å²) in [6.07, 6.45) is 3.70. The number of carbonyl (C=O) groups excluding carboxylic acids is 1. The van der Waals surface area contributed by atoms with Gasteiger partial charge in [0.25, 0.3) is 5.91 Å². The molecule has 1 unspecified atom stereocenters. The second kappa shape index (κ2) is 10.0. The highest BCUT2D eigenvalue weighted by atomic mass is 19.1. The summed E-state index contributed by atoms with van der Waals surface area (Å²) in [4.78, 5) is 18.8. The first kappa shape index (κ1) is 20.8. The van der Waals surface area contributed by atoms with Crippen molar-refractivity contribution in [1.82, 2.24) is 25.3 Å². The SMILES string of the molecule is CCNC(=NCCNC(=O)c1ccccc1F)N1CCOC(c2cnn(C)c2)C1. The van der Waals surface area contributed by atoms with Gasteiger partial charge < -0.3 is 20.3 Å². The summed E-state index contributed by atoms with van der Waals surface area (Å²) in [5.41, 5.74) is 1.07. The predicted molar refractivity (Wildman–Crippen MR) is 108 cm³/mol. The molecule has 1 aromatic heterocycles. The van der Waals surface area contributed by atoms with Crippen LogP contribution in [0.5, 0.6) is 0 Å². The summed E-state index contributed by atoms with van der Waals surface area (Å²) in [5.74, 6) is -0.201. The lowest BCUT2D eigenvalue weighted by atomic mass is 10.1. The Labute approximate surface area is 169 Å². The van der Waals surface area contributed by atoms with Gasteiger partial charge in [-0.1, -0.05) is 12.1 Å². The van der Waals surface area contributed by atoms with E-state index in [-0.39, 0.29) is 11.7 Å². The van der Waals surface area contributed by atoms with Gasteiger partial charge in [0.1, 0.15) is 11.9 Å². The lowest BCUT2D eigenvalue weighted by Crippen LogP contribution is -2.48. The van der Waals surface area contributed by atoms with E-state index >= 15 is 0 Å². The van der Waals surface area contributed by atoms with Gasteiger partial charge in [-0.3, -0.25) is 14.5 Å². The molecule has 0 aliphatic carbocycles. The number of nitrogens with zero attached hydrogens (tertiary/aromatic N) is 4. The molecule has 8 nitrogen and oxygen atoms in total. The Kier molecular flexibility index (Phi) is 7.18. The third-order valence-electron chi connectivity index (χ3n) is 4.57. The molecular weight excluding hydrogens is 375 g/mol. The maximum absolute atomic E-state index is 13.7. The first-order valence-corrected chi connectivity index (χ1v) is 9.74. The maximum Gasteiger partial charge on any atom is 0.254 e. The van der Waals surface area contributed by atoms with Crippen LogP contribution < -0.4 is 10.6 Å². The van der Waals surface area contributed by atoms with Crippen LogP contribution in [0, 0.1) is 5.82 Å². The van der Waals surface area contributed by atoms with Crippen LogP contribution in [0.3, 0.4) is 0 Å². The number of hydrogen-bond donors (Lipinski definition) is 2. The van der Waals surface area contributed by atoms with Gasteiger partial charge in [-0.25, -0.2) is 4.39 Å². The van der Waals surface area contributed by atoms with Crippen LogP contribution in [0.15, 0.2) is 41.7 Å². The van der Waals surface area contributed by atoms with Crippen molar-refractivity contribution in [1.29, 1.82) is 0 Å². The number of nitrogens with one attached hydrogen (secondary N) is 2. The summed E-state index contributed by atoms with van der Waals surface area (Å²) in [6.45, 7) is 5.43. The van der Waals surface area contributed by atoms with Crippen molar-refractivity contribution in [3.05, 3.63) is 53.6 Å². The normalized spacial score (nSPS) is 17.3. The summed E-state index contributed by atoms with van der Waals surface area (Å²) in [5, 5.41) is 10.2. The van der Waals surface area contributed by atoms with Crippen molar-refractivity contribution in [3.63, 3.8) is 0 Å². The largest absolute Gasteiger partial charge is 0.370 e. The van der Waals surface area contributed by atoms with Gasteiger partial charge >= 0.3 is 0 Å². The van der Waals surface area contributed by atoms with E-state index in [1.807, 2.05) is 26.4 Å². The van der Waals surface area contributed by atoms with Crippen LogP contribution in [0.4, 0.5) is 4.39 Å². The Balaban J connectivity index is 1.56. The molecule has 1 aliphatic rings. The fourth-order valence-corrected chi connectivity index (χ4v) is 3.15. The van der Waals surface area contributed by atoms with Crippen LogP contribution in [0.1, 0.15) is 28.9 Å². The van der Waals surface area contributed by atoms with Gasteiger partial charge in [-0.15, -0.1) is 0 Å². The Hall–Kier alpha value is -2.94. The lowest BCUT2D eigenvalue weighted by molar-refractivity contribution is -0.00803. The lowest BCUT2D eigenvalue weighted by Gasteiger charge is -2.34. The van der Waals surface area contributed by atoms with Gasteiger partial charge in [0, 0.05) is 38.4 Å². The van der Waals surface area contributed by atoms with Crippen molar-refractivity contribution < 1.29 is 13.9 Å². The average molecular weight is 402 g/mol. The quantitative estimate of drug-likeness (QED) is 0.433. The van der Waals surface area contributed by atoms with Crippen LogP contribution in [0.25, 0.3) is 0 Å². The van der Waals surface area contributed by atoms with E-state index in [2.05, 4.69) is 25.6 Å². The molecule has 29 heavy (non-hydrogen) atoms. The molecule has 1 aliphatic heterocycles. The number of rotatable bonds is 6. The number of morpholine rings is 1. The van der Waals surface area contributed by atoms with E-state index in [0.29, 0.717) is 26.2 Å². The first-order chi connectivity index (χ1) is 14.1. The number of aryl methyl sites for hydroxylation is 1. The number of halogens is 1. The molecular formula is C20H27FN6O2. The van der Waals surface area contributed by atoms with Gasteiger partial charge in [0.15, 0.2) is 5.96 Å². The highest BCUT2D eigenvalue weighted by molar-refractivity contribution is 5.94. The second-order valence-corrected chi connectivity index (χ2v) is 6.72. The molecule has 0 radical (unpaired) electrons. The predicted octanol–water partition coefficient (Wildman–Crippen LogP) is 1.33. The highest BCUT2D eigenvalue weighted by Crippen LogP contribution is 2.21. The molecule has 1 saturated heterocycles. The number of ether oxygens (including phenoxy) is 1. The second-order valence-electron chi connectivity index (χ2n) is 6.72. The summed E-state index contributed by atoms with van der Waals surface area (Å²) in [7, 11) is 1.88. The summed E-state index contributed by atoms with van der Waals surface area (Å²) < 4.78 is 21.3. The van der Waals surface area contributed by atoms with Gasteiger partial charge in [0.2, 0.25) is 0 Å². The standard InChI is InChI=1S/C20H27FN6O2/c1-3-22-20(24-9-8-23-19(28)16-6-4-5-7-17(16)21)27-10-11-29-18(14-27)15-12-25-26(2)13-15/h4-7,12-13,18H,3,8-11,14H2,1-2H3,(H,22,24)(H,23,28). The molecule has 156 valence electrons. The average Bonchev–Trinajstić information content (AvgIpc) is 3.17. The summed E-state index contributed by atoms with van der Waals surface area (Å²) in [6, 6.07) is 5.93. The number of aromatic nitrogens is 2. The van der Waals surface area contributed by atoms with Gasteiger partial charge in [-0.05, 0) is 19.1 Å². The Morgan fingerprint density at radius 3 is 2.93 bits per heavy atom. The van der Waals surface area contributed by atoms with Crippen molar-refractivity contribution in [2.24, 2.45) is 12.0 Å². The van der Waals surface area contributed by atoms with Gasteiger partial charge in [0.05, 0.1) is 31.5 Å². The van der Waals surface area contributed by atoms with E-state index in [0.717, 1.165) is 24.6 Å². The molecule has 1 atom stereocenters. The number of amides is 1. The van der Waals surface area contributed by atoms with Crippen molar-refractivity contribution >= 4 is 11.9 Å². The minimum atomic E-state index is -0.531. The summed E-state index contributed by atoms with van der Waals surface area (Å²) >= 11 is 0. The highest BCUT2D eigenvalue weighted by Gasteiger charge is 2.25. The van der Waals surface area contributed by atoms with Crippen LogP contribution in [-0.4, -0.2) is 65.9 Å². The van der Waals surface area contributed by atoms with E-state index in [1.54, 1.807) is 16.8 Å². The third kappa shape index (κ3) is 5.54. The zero-order chi connectivity index (χ0) is 20.6. The van der Waals surface area contributed by atoms with Crippen LogP contribution >= 0.6 is 0 Å². The molecule has 2 aromatic rings. The number of hydrogen-bond acceptors (Lipinski definition) is 4. The van der Waals surface area contributed by atoms with E-state index in [1.165, 1.54) is 12.1 Å². The van der Waals surface area contributed by atoms with Crippen LogP contribution in [0.2, 0.25) is 0 Å². The number of carbonyl (C=O) groups is 1. The minimum Gasteiger partial charge on any atom is -0.370 e. The topological polar surface area (TPSA) is 83.8 Å². The molecule has 2 heterocycles. The number of aliphatic imine (C=N–C) groups is 1. The van der Waals surface area contributed by atoms with Crippen molar-refractivity contribution in [2.75, 3.05) is 39.3 Å². The first-order valence-electron chi connectivity index (χ1n) is 9.74. The molecule has 2 N–H and O–H groups in total. The maximum atomic E-state index is 13.7. The van der Waals surface area contributed by atoms with Crippen molar-refractivity contribution in [2.45, 2.75) is 13.0 Å². The monoisotopic (exact) mass is 402 g/mol. The number of guanidine groups is 1. The van der Waals surface area contributed by atoms with Crippen molar-refractivity contribution in [3.8, 4) is 0 Å². The minimum absolute atomic E-state index is 0.0378. The smallest absolute Gasteiger partial charge is 0.254 e. The third-order valence-corrected chi connectivity index (χ3v) is 4.57. The van der Waals surface area contributed by atoms with E-state index in [4.69, 9.17) is 4.74 Å². The van der Waals surface area contributed by atoms with Crippen LogP contribution in [-0.2, 0) is 11.8 Å². The molecule has 3 rings (SSSR count). The molecule has 1 aromatic carbocycles. The van der Waals surface area contributed by atoms with E-state index < -0.39 is 11.7 Å². The van der Waals surface area contributed by atoms with Gasteiger partial charge in [-0.2, -0.15) is 5.10 Å². The van der Waals surface area contributed by atoms with E-state index in [9.17, 15) is 9.18 Å². The fourth-order valence-electron chi connectivity index (χ4n) is 3.15. The molecule has 1 fully saturated rings. The molecule has 9 heteroatoms. The molecule has 0 bridgehead atoms. The Bertz CT molecular complexity index is 853. The Morgan fingerprint density at radius 2 is 2.21 bits per heavy atom. The zero-order valence-corrected chi connectivity index (χ0v) is 16.8.